The third kappa shape index (κ3) is 4.40. The van der Waals surface area contributed by atoms with Crippen LogP contribution in [0, 0.1) is 6.92 Å². The van der Waals surface area contributed by atoms with Gasteiger partial charge in [-0.1, -0.05) is 84.5 Å². The Morgan fingerprint density at radius 1 is 0.870 bits per heavy atom. The Bertz CT molecular complexity index is 757. The second-order valence-corrected chi connectivity index (χ2v) is 5.70. The molecule has 0 unspecified atom stereocenters. The smallest absolute Gasteiger partial charge is 0.193 e. The largest absolute Gasteiger partial charge is 0.289 e. The Kier molecular flexibility index (Phi) is 5.48. The third-order valence-electron chi connectivity index (χ3n) is 3.65. The number of benzene rings is 2. The van der Waals surface area contributed by atoms with Crippen molar-refractivity contribution in [2.45, 2.75) is 20.8 Å². The Morgan fingerprint density at radius 3 is 1.83 bits per heavy atom. The van der Waals surface area contributed by atoms with Crippen molar-refractivity contribution < 1.29 is 4.79 Å². The standard InChI is InChI=1S/C22H22O/c1-5-18(9-6-16(2)3)19-12-14-21(15-13-19)22(23)20-10-7-17(4)8-11-20/h5-15H,2H2,1,3-4H3/b9-6-,18-5+. The number of ketones is 1. The zero-order chi connectivity index (χ0) is 16.8. The third-order valence-corrected chi connectivity index (χ3v) is 3.65. The molecule has 0 aliphatic heterocycles. The molecule has 0 aromatic heterocycles. The molecule has 2 aromatic carbocycles. The van der Waals surface area contributed by atoms with E-state index in [-0.39, 0.29) is 5.78 Å². The lowest BCUT2D eigenvalue weighted by molar-refractivity contribution is 0.103. The average molecular weight is 302 g/mol. The highest BCUT2D eigenvalue weighted by Gasteiger charge is 2.09. The molecule has 0 bridgehead atoms. The lowest BCUT2D eigenvalue weighted by Gasteiger charge is -2.05. The molecule has 0 aliphatic rings. The Balaban J connectivity index is 2.23. The summed E-state index contributed by atoms with van der Waals surface area (Å²) in [7, 11) is 0. The van der Waals surface area contributed by atoms with Crippen molar-refractivity contribution in [2.75, 3.05) is 0 Å². The van der Waals surface area contributed by atoms with Crippen LogP contribution >= 0.6 is 0 Å². The fourth-order valence-corrected chi connectivity index (χ4v) is 2.28. The molecule has 0 spiro atoms. The van der Waals surface area contributed by atoms with Gasteiger partial charge in [0.2, 0.25) is 0 Å². The number of carbonyl (C=O) groups excluding carboxylic acids is 1. The minimum absolute atomic E-state index is 0.0519. The maximum absolute atomic E-state index is 12.5. The number of hydrogen-bond donors (Lipinski definition) is 0. The van der Waals surface area contributed by atoms with E-state index in [2.05, 4.69) is 12.7 Å². The maximum Gasteiger partial charge on any atom is 0.193 e. The zero-order valence-corrected chi connectivity index (χ0v) is 14.0. The summed E-state index contributed by atoms with van der Waals surface area (Å²) in [6, 6.07) is 15.4. The first-order chi connectivity index (χ1) is 11.0. The number of hydrogen-bond acceptors (Lipinski definition) is 1. The summed E-state index contributed by atoms with van der Waals surface area (Å²) in [5.74, 6) is 0.0519. The minimum Gasteiger partial charge on any atom is -0.289 e. The molecule has 0 amide bonds. The summed E-state index contributed by atoms with van der Waals surface area (Å²) in [6.45, 7) is 9.86. The van der Waals surface area contributed by atoms with Crippen LogP contribution in [-0.2, 0) is 0 Å². The lowest BCUT2D eigenvalue weighted by atomic mass is 9.98. The highest BCUT2D eigenvalue weighted by Crippen LogP contribution is 2.19. The van der Waals surface area contributed by atoms with Crippen molar-refractivity contribution in [3.8, 4) is 0 Å². The number of allylic oxidation sites excluding steroid dienone is 5. The molecule has 0 saturated heterocycles. The predicted molar refractivity (Wildman–Crippen MR) is 98.7 cm³/mol. The molecular formula is C22H22O. The second-order valence-electron chi connectivity index (χ2n) is 5.70. The molecule has 1 heteroatoms. The van der Waals surface area contributed by atoms with Gasteiger partial charge in [-0.05, 0) is 31.9 Å². The summed E-state index contributed by atoms with van der Waals surface area (Å²) < 4.78 is 0. The molecule has 1 nitrogen and oxygen atoms in total. The van der Waals surface area contributed by atoms with Crippen molar-refractivity contribution in [3.63, 3.8) is 0 Å². The van der Waals surface area contributed by atoms with E-state index in [0.717, 1.165) is 27.8 Å². The lowest BCUT2D eigenvalue weighted by Crippen LogP contribution is -2.01. The van der Waals surface area contributed by atoms with E-state index in [4.69, 9.17) is 0 Å². The molecule has 2 aromatic rings. The van der Waals surface area contributed by atoms with Gasteiger partial charge in [0.25, 0.3) is 0 Å². The first-order valence-corrected chi connectivity index (χ1v) is 7.73. The predicted octanol–water partition coefficient (Wildman–Crippen LogP) is 5.76. The normalized spacial score (nSPS) is 11.7. The van der Waals surface area contributed by atoms with Crippen LogP contribution < -0.4 is 0 Å². The van der Waals surface area contributed by atoms with Gasteiger partial charge < -0.3 is 0 Å². The fraction of sp³-hybridized carbons (Fsp3) is 0.136. The van der Waals surface area contributed by atoms with Gasteiger partial charge in [-0.2, -0.15) is 0 Å². The summed E-state index contributed by atoms with van der Waals surface area (Å²) in [5.41, 5.74) is 5.79. The van der Waals surface area contributed by atoms with E-state index in [1.165, 1.54) is 0 Å². The molecule has 0 N–H and O–H groups in total. The van der Waals surface area contributed by atoms with Crippen molar-refractivity contribution >= 4 is 11.4 Å². The SMILES string of the molecule is C=C(C)/C=C\C(=C/C)c1ccc(C(=O)c2ccc(C)cc2)cc1. The molecular weight excluding hydrogens is 280 g/mol. The first-order valence-electron chi connectivity index (χ1n) is 7.73. The number of rotatable bonds is 5. The number of carbonyl (C=O) groups is 1. The molecule has 0 atom stereocenters. The van der Waals surface area contributed by atoms with Gasteiger partial charge in [0.15, 0.2) is 5.78 Å². The highest BCUT2D eigenvalue weighted by atomic mass is 16.1. The topological polar surface area (TPSA) is 17.1 Å². The van der Waals surface area contributed by atoms with Gasteiger partial charge in [0.1, 0.15) is 0 Å². The van der Waals surface area contributed by atoms with Crippen LogP contribution in [0.25, 0.3) is 5.57 Å². The van der Waals surface area contributed by atoms with Crippen LogP contribution in [0.15, 0.2) is 78.9 Å². The van der Waals surface area contributed by atoms with Crippen LogP contribution in [0.5, 0.6) is 0 Å². The average Bonchev–Trinajstić information content (AvgIpc) is 2.56. The molecule has 116 valence electrons. The van der Waals surface area contributed by atoms with E-state index in [1.54, 1.807) is 0 Å². The van der Waals surface area contributed by atoms with E-state index in [1.807, 2.05) is 81.5 Å². The summed E-state index contributed by atoms with van der Waals surface area (Å²) in [5, 5.41) is 0. The Hall–Kier alpha value is -2.67. The molecule has 2 rings (SSSR count). The highest BCUT2D eigenvalue weighted by molar-refractivity contribution is 6.09. The Labute approximate surface area is 138 Å². The van der Waals surface area contributed by atoms with Crippen LogP contribution in [0.1, 0.15) is 40.9 Å². The maximum atomic E-state index is 12.5. The minimum atomic E-state index is 0.0519. The summed E-state index contributed by atoms with van der Waals surface area (Å²) >= 11 is 0. The van der Waals surface area contributed by atoms with Gasteiger partial charge in [-0.25, -0.2) is 0 Å². The fourth-order valence-electron chi connectivity index (χ4n) is 2.28. The summed E-state index contributed by atoms with van der Waals surface area (Å²) in [6.07, 6.45) is 6.08. The van der Waals surface area contributed by atoms with Crippen LogP contribution in [0.4, 0.5) is 0 Å². The van der Waals surface area contributed by atoms with Gasteiger partial charge in [-0.15, -0.1) is 0 Å². The monoisotopic (exact) mass is 302 g/mol. The quantitative estimate of drug-likeness (QED) is 0.507. The van der Waals surface area contributed by atoms with Crippen molar-refractivity contribution in [2.24, 2.45) is 0 Å². The van der Waals surface area contributed by atoms with Gasteiger partial charge in [0.05, 0.1) is 0 Å². The molecule has 0 aliphatic carbocycles. The van der Waals surface area contributed by atoms with Gasteiger partial charge >= 0.3 is 0 Å². The molecule has 0 heterocycles. The number of aryl methyl sites for hydroxylation is 1. The molecule has 0 radical (unpaired) electrons. The van der Waals surface area contributed by atoms with Gasteiger partial charge in [-0.3, -0.25) is 4.79 Å². The van der Waals surface area contributed by atoms with Crippen LogP contribution in [0.3, 0.4) is 0 Å². The van der Waals surface area contributed by atoms with Crippen molar-refractivity contribution in [1.29, 1.82) is 0 Å². The molecule has 23 heavy (non-hydrogen) atoms. The summed E-state index contributed by atoms with van der Waals surface area (Å²) in [4.78, 5) is 12.5. The van der Waals surface area contributed by atoms with Gasteiger partial charge in [0, 0.05) is 11.1 Å². The van der Waals surface area contributed by atoms with E-state index < -0.39 is 0 Å². The second kappa shape index (κ2) is 7.55. The van der Waals surface area contributed by atoms with Crippen molar-refractivity contribution in [3.05, 3.63) is 101 Å². The van der Waals surface area contributed by atoms with E-state index in [9.17, 15) is 4.79 Å². The molecule has 0 saturated carbocycles. The van der Waals surface area contributed by atoms with E-state index >= 15 is 0 Å². The van der Waals surface area contributed by atoms with Crippen molar-refractivity contribution in [1.82, 2.24) is 0 Å². The Morgan fingerprint density at radius 2 is 1.35 bits per heavy atom. The first kappa shape index (κ1) is 16.7. The van der Waals surface area contributed by atoms with E-state index in [0.29, 0.717) is 5.56 Å². The zero-order valence-electron chi connectivity index (χ0n) is 14.0. The van der Waals surface area contributed by atoms with Crippen LogP contribution in [-0.4, -0.2) is 5.78 Å². The molecule has 0 fully saturated rings. The van der Waals surface area contributed by atoms with Crippen LogP contribution in [0.2, 0.25) is 0 Å².